The molecule has 0 aromatic rings. The molecule has 0 aromatic heterocycles. The average Bonchev–Trinajstić information content (AvgIpc) is 2.75. The highest BCUT2D eigenvalue weighted by Crippen LogP contribution is 2.49. The van der Waals surface area contributed by atoms with Gasteiger partial charge in [0.15, 0.2) is 0 Å². The van der Waals surface area contributed by atoms with Crippen LogP contribution in [0.1, 0.15) is 25.7 Å². The number of thiocarbonyl (C=S) groups is 1. The second-order valence-electron chi connectivity index (χ2n) is 5.78. The normalized spacial score (nSPS) is 28.6. The van der Waals surface area contributed by atoms with Crippen molar-refractivity contribution in [3.63, 3.8) is 0 Å². The van der Waals surface area contributed by atoms with Crippen molar-refractivity contribution in [2.24, 2.45) is 11.1 Å². The van der Waals surface area contributed by atoms with E-state index in [-0.39, 0.29) is 0 Å². The van der Waals surface area contributed by atoms with Crippen molar-refractivity contribution in [2.75, 3.05) is 33.7 Å². The smallest absolute Gasteiger partial charge is 0.0733 e. The molecule has 2 aliphatic rings. The molecular formula is C12H23N3S. The molecule has 0 spiro atoms. The van der Waals surface area contributed by atoms with Gasteiger partial charge in [-0.1, -0.05) is 12.2 Å². The van der Waals surface area contributed by atoms with Gasteiger partial charge in [0.25, 0.3) is 0 Å². The van der Waals surface area contributed by atoms with E-state index in [1.165, 1.54) is 38.9 Å². The van der Waals surface area contributed by atoms with Gasteiger partial charge < -0.3 is 15.5 Å². The molecule has 1 heterocycles. The van der Waals surface area contributed by atoms with Gasteiger partial charge in [0.05, 0.1) is 4.99 Å². The van der Waals surface area contributed by atoms with Crippen molar-refractivity contribution in [1.82, 2.24) is 9.80 Å². The minimum atomic E-state index is 0.451. The summed E-state index contributed by atoms with van der Waals surface area (Å²) in [6.07, 6.45) is 4.88. The summed E-state index contributed by atoms with van der Waals surface area (Å²) in [6, 6.07) is 0.737. The molecular weight excluding hydrogens is 218 g/mol. The first-order valence-corrected chi connectivity index (χ1v) is 6.59. The first-order valence-electron chi connectivity index (χ1n) is 6.18. The van der Waals surface area contributed by atoms with Gasteiger partial charge in [0.1, 0.15) is 0 Å². The second kappa shape index (κ2) is 4.59. The summed E-state index contributed by atoms with van der Waals surface area (Å²) in [7, 11) is 4.35. The van der Waals surface area contributed by atoms with Gasteiger partial charge >= 0.3 is 0 Å². The lowest BCUT2D eigenvalue weighted by Crippen LogP contribution is -2.35. The van der Waals surface area contributed by atoms with Crippen LogP contribution in [0, 0.1) is 5.41 Å². The third-order valence-electron chi connectivity index (χ3n) is 4.04. The molecule has 4 heteroatoms. The van der Waals surface area contributed by atoms with Gasteiger partial charge in [-0.3, -0.25) is 0 Å². The van der Waals surface area contributed by atoms with Gasteiger partial charge in [-0.25, -0.2) is 0 Å². The summed E-state index contributed by atoms with van der Waals surface area (Å²) >= 11 is 5.04. The Balaban J connectivity index is 1.81. The van der Waals surface area contributed by atoms with Gasteiger partial charge in [-0.05, 0) is 45.3 Å². The Bertz CT molecular complexity index is 273. The minimum absolute atomic E-state index is 0.451. The zero-order valence-electron chi connectivity index (χ0n) is 10.4. The molecule has 1 aliphatic heterocycles. The van der Waals surface area contributed by atoms with E-state index in [9.17, 15) is 0 Å². The van der Waals surface area contributed by atoms with Crippen LogP contribution in [-0.4, -0.2) is 54.6 Å². The topological polar surface area (TPSA) is 32.5 Å². The van der Waals surface area contributed by atoms with E-state index < -0.39 is 0 Å². The Labute approximate surface area is 104 Å². The maximum atomic E-state index is 5.67. The van der Waals surface area contributed by atoms with Gasteiger partial charge in [-0.15, -0.1) is 0 Å². The van der Waals surface area contributed by atoms with Crippen molar-refractivity contribution >= 4 is 17.2 Å². The Kier molecular flexibility index (Phi) is 3.52. The third kappa shape index (κ3) is 2.93. The Morgan fingerprint density at radius 2 is 2.19 bits per heavy atom. The Morgan fingerprint density at radius 1 is 1.50 bits per heavy atom. The number of nitrogens with two attached hydrogens (primary N) is 1. The fourth-order valence-corrected chi connectivity index (χ4v) is 3.10. The monoisotopic (exact) mass is 241 g/mol. The van der Waals surface area contributed by atoms with Crippen LogP contribution in [0.15, 0.2) is 0 Å². The minimum Gasteiger partial charge on any atom is -0.393 e. The van der Waals surface area contributed by atoms with Crippen LogP contribution in [0.5, 0.6) is 0 Å². The molecule has 0 radical (unpaired) electrons. The van der Waals surface area contributed by atoms with E-state index in [0.29, 0.717) is 10.4 Å². The van der Waals surface area contributed by atoms with Crippen LogP contribution in [0.3, 0.4) is 0 Å². The van der Waals surface area contributed by atoms with Crippen LogP contribution in [0.25, 0.3) is 0 Å². The quantitative estimate of drug-likeness (QED) is 0.730. The van der Waals surface area contributed by atoms with Crippen LogP contribution in [-0.2, 0) is 0 Å². The third-order valence-corrected chi connectivity index (χ3v) is 4.19. The molecule has 1 saturated carbocycles. The van der Waals surface area contributed by atoms with Crippen LogP contribution < -0.4 is 5.73 Å². The van der Waals surface area contributed by atoms with Crippen LogP contribution in [0.4, 0.5) is 0 Å². The fourth-order valence-electron chi connectivity index (χ4n) is 2.79. The number of hydrogen-bond donors (Lipinski definition) is 1. The lowest BCUT2D eigenvalue weighted by atomic mass is 10.0. The number of rotatable bonds is 5. The highest BCUT2D eigenvalue weighted by molar-refractivity contribution is 7.80. The first kappa shape index (κ1) is 12.3. The number of hydrogen-bond acceptors (Lipinski definition) is 3. The van der Waals surface area contributed by atoms with Gasteiger partial charge in [-0.2, -0.15) is 0 Å². The molecule has 1 unspecified atom stereocenters. The maximum Gasteiger partial charge on any atom is 0.0733 e. The molecule has 1 saturated heterocycles. The fraction of sp³-hybridized carbons (Fsp3) is 0.917. The standard InChI is InChI=1S/C12H23N3S/c1-14(2)10-3-6-15(8-10)9-12(4-5-12)7-11(13)16/h10H,3-9H2,1-2H3,(H2,13,16). The lowest BCUT2D eigenvalue weighted by Gasteiger charge is -2.24. The van der Waals surface area contributed by atoms with Gasteiger partial charge in [0, 0.05) is 25.6 Å². The largest absolute Gasteiger partial charge is 0.393 e. The number of nitrogens with zero attached hydrogens (tertiary/aromatic N) is 2. The van der Waals surface area contributed by atoms with Crippen molar-refractivity contribution < 1.29 is 0 Å². The molecule has 1 aliphatic carbocycles. The van der Waals surface area contributed by atoms with E-state index in [0.717, 1.165) is 12.5 Å². The van der Waals surface area contributed by atoms with Crippen molar-refractivity contribution in [3.8, 4) is 0 Å². The van der Waals surface area contributed by atoms with E-state index in [1.54, 1.807) is 0 Å². The SMILES string of the molecule is CN(C)C1CCN(CC2(CC(N)=S)CC2)C1. The molecule has 3 nitrogen and oxygen atoms in total. The molecule has 16 heavy (non-hydrogen) atoms. The van der Waals surface area contributed by atoms with E-state index in [2.05, 4.69) is 23.9 Å². The summed E-state index contributed by atoms with van der Waals surface area (Å²) in [5.41, 5.74) is 6.12. The summed E-state index contributed by atoms with van der Waals surface area (Å²) in [4.78, 5) is 5.63. The van der Waals surface area contributed by atoms with Crippen molar-refractivity contribution in [2.45, 2.75) is 31.7 Å². The predicted octanol–water partition coefficient (Wildman–Crippen LogP) is 1.08. The molecule has 92 valence electrons. The summed E-state index contributed by atoms with van der Waals surface area (Å²) in [6.45, 7) is 3.66. The maximum absolute atomic E-state index is 5.67. The van der Waals surface area contributed by atoms with Crippen LogP contribution >= 0.6 is 12.2 Å². The van der Waals surface area contributed by atoms with E-state index in [4.69, 9.17) is 18.0 Å². The molecule has 2 N–H and O–H groups in total. The molecule has 0 aromatic carbocycles. The molecule has 2 fully saturated rings. The highest BCUT2D eigenvalue weighted by Gasteiger charge is 2.45. The lowest BCUT2D eigenvalue weighted by molar-refractivity contribution is 0.236. The van der Waals surface area contributed by atoms with Crippen molar-refractivity contribution in [3.05, 3.63) is 0 Å². The zero-order valence-corrected chi connectivity index (χ0v) is 11.2. The summed E-state index contributed by atoms with van der Waals surface area (Å²) in [5, 5.41) is 0. The summed E-state index contributed by atoms with van der Waals surface area (Å²) in [5.74, 6) is 0. The number of likely N-dealkylation sites (tertiary alicyclic amines) is 1. The Morgan fingerprint density at radius 3 is 2.62 bits per heavy atom. The first-order chi connectivity index (χ1) is 7.51. The average molecular weight is 241 g/mol. The zero-order chi connectivity index (χ0) is 11.8. The summed E-state index contributed by atoms with van der Waals surface area (Å²) < 4.78 is 0. The molecule has 0 bridgehead atoms. The molecule has 2 rings (SSSR count). The number of likely N-dealkylation sites (N-methyl/N-ethyl adjacent to an activating group) is 1. The van der Waals surface area contributed by atoms with E-state index >= 15 is 0 Å². The van der Waals surface area contributed by atoms with E-state index in [1.807, 2.05) is 0 Å². The second-order valence-corrected chi connectivity index (χ2v) is 6.31. The Hall–Kier alpha value is -0.190. The molecule has 0 amide bonds. The van der Waals surface area contributed by atoms with Gasteiger partial charge in [0.2, 0.25) is 0 Å². The predicted molar refractivity (Wildman–Crippen MR) is 71.6 cm³/mol. The molecule has 1 atom stereocenters. The highest BCUT2D eigenvalue weighted by atomic mass is 32.1. The van der Waals surface area contributed by atoms with Crippen LogP contribution in [0.2, 0.25) is 0 Å². The van der Waals surface area contributed by atoms with Crippen molar-refractivity contribution in [1.29, 1.82) is 0 Å².